The zero-order chi connectivity index (χ0) is 14.0. The van der Waals surface area contributed by atoms with Crippen molar-refractivity contribution in [3.8, 4) is 0 Å². The van der Waals surface area contributed by atoms with Gasteiger partial charge in [0.2, 0.25) is 5.91 Å². The van der Waals surface area contributed by atoms with Crippen LogP contribution in [-0.2, 0) is 9.59 Å². The summed E-state index contributed by atoms with van der Waals surface area (Å²) < 4.78 is 0. The van der Waals surface area contributed by atoms with Gasteiger partial charge in [-0.15, -0.1) is 0 Å². The minimum Gasteiger partial charge on any atom is -0.480 e. The Balaban J connectivity index is 3.89. The van der Waals surface area contributed by atoms with E-state index >= 15 is 0 Å². The second-order valence-electron chi connectivity index (χ2n) is 4.64. The minimum absolute atomic E-state index is 0.00962. The van der Waals surface area contributed by atoms with Gasteiger partial charge in [0.1, 0.15) is 6.04 Å². The van der Waals surface area contributed by atoms with Crippen molar-refractivity contribution in [3.05, 3.63) is 0 Å². The van der Waals surface area contributed by atoms with Gasteiger partial charge in [-0.1, -0.05) is 40.0 Å². The molecular formula is C13H26N2O3. The highest BCUT2D eigenvalue weighted by atomic mass is 16.4. The molecule has 0 fully saturated rings. The largest absolute Gasteiger partial charge is 0.480 e. The van der Waals surface area contributed by atoms with Crippen LogP contribution in [0.15, 0.2) is 0 Å². The Bertz CT molecular complexity index is 257. The van der Waals surface area contributed by atoms with Gasteiger partial charge < -0.3 is 10.4 Å². The summed E-state index contributed by atoms with van der Waals surface area (Å²) in [5.74, 6) is -1.03. The van der Waals surface area contributed by atoms with Crippen LogP contribution in [0.25, 0.3) is 0 Å². The van der Waals surface area contributed by atoms with E-state index in [0.717, 1.165) is 25.7 Å². The Kier molecular flexibility index (Phi) is 9.28. The van der Waals surface area contributed by atoms with Crippen LogP contribution in [0.3, 0.4) is 0 Å². The number of carboxylic acids is 1. The molecule has 5 heteroatoms. The van der Waals surface area contributed by atoms with Crippen molar-refractivity contribution in [2.45, 2.75) is 52.5 Å². The van der Waals surface area contributed by atoms with Crippen molar-refractivity contribution in [2.24, 2.45) is 5.92 Å². The number of carbonyl (C=O) groups excluding carboxylic acids is 1. The smallest absolute Gasteiger partial charge is 0.320 e. The van der Waals surface area contributed by atoms with E-state index in [2.05, 4.69) is 17.6 Å². The van der Waals surface area contributed by atoms with Gasteiger partial charge in [-0.2, -0.15) is 0 Å². The number of nitrogens with one attached hydrogen (secondary N) is 2. The minimum atomic E-state index is -0.900. The van der Waals surface area contributed by atoms with Crippen molar-refractivity contribution in [1.29, 1.82) is 0 Å². The first kappa shape index (κ1) is 16.9. The molecule has 0 aliphatic heterocycles. The molecule has 0 heterocycles. The van der Waals surface area contributed by atoms with E-state index in [1.165, 1.54) is 0 Å². The maximum atomic E-state index is 11.5. The molecule has 0 saturated carbocycles. The van der Waals surface area contributed by atoms with E-state index in [-0.39, 0.29) is 18.4 Å². The van der Waals surface area contributed by atoms with Gasteiger partial charge in [0, 0.05) is 6.54 Å². The third-order valence-corrected chi connectivity index (χ3v) is 3.06. The molecule has 2 atom stereocenters. The Morgan fingerprint density at radius 1 is 1.22 bits per heavy atom. The third-order valence-electron chi connectivity index (χ3n) is 3.06. The van der Waals surface area contributed by atoms with Crippen LogP contribution >= 0.6 is 0 Å². The molecule has 3 N–H and O–H groups in total. The quantitative estimate of drug-likeness (QED) is 0.517. The molecule has 1 amide bonds. The number of rotatable bonds is 10. The fourth-order valence-electron chi connectivity index (χ4n) is 1.64. The van der Waals surface area contributed by atoms with Gasteiger partial charge in [0.05, 0.1) is 6.54 Å². The van der Waals surface area contributed by atoms with Gasteiger partial charge in [0.25, 0.3) is 0 Å². The second kappa shape index (κ2) is 9.88. The number of unbranched alkanes of at least 4 members (excludes halogenated alkanes) is 2. The van der Waals surface area contributed by atoms with Gasteiger partial charge in [0.15, 0.2) is 0 Å². The molecule has 0 aliphatic carbocycles. The van der Waals surface area contributed by atoms with Crippen LogP contribution in [0.4, 0.5) is 0 Å². The zero-order valence-corrected chi connectivity index (χ0v) is 11.7. The highest BCUT2D eigenvalue weighted by molar-refractivity contribution is 5.79. The third kappa shape index (κ3) is 7.27. The fraction of sp³-hybridized carbons (Fsp3) is 0.846. The van der Waals surface area contributed by atoms with E-state index in [1.807, 2.05) is 13.8 Å². The number of aliphatic carboxylic acids is 1. The van der Waals surface area contributed by atoms with Gasteiger partial charge in [-0.25, -0.2) is 0 Å². The lowest BCUT2D eigenvalue weighted by Crippen LogP contribution is -2.46. The molecule has 0 unspecified atom stereocenters. The van der Waals surface area contributed by atoms with Crippen molar-refractivity contribution in [3.63, 3.8) is 0 Å². The van der Waals surface area contributed by atoms with E-state index in [0.29, 0.717) is 6.54 Å². The first-order valence-electron chi connectivity index (χ1n) is 6.75. The van der Waals surface area contributed by atoms with E-state index in [1.54, 1.807) is 0 Å². The standard InChI is InChI=1S/C13H26N2O3/c1-4-6-7-8-14-11(16)9-15-12(13(17)18)10(3)5-2/h10,12,15H,4-9H2,1-3H3,(H,14,16)(H,17,18)/t10-,12-/m0/s1. The summed E-state index contributed by atoms with van der Waals surface area (Å²) in [6.07, 6.45) is 3.94. The first-order chi connectivity index (χ1) is 8.52. The van der Waals surface area contributed by atoms with Crippen LogP contribution in [0.5, 0.6) is 0 Å². The monoisotopic (exact) mass is 258 g/mol. The molecule has 0 aliphatic rings. The van der Waals surface area contributed by atoms with Gasteiger partial charge >= 0.3 is 5.97 Å². The lowest BCUT2D eigenvalue weighted by atomic mass is 9.99. The molecular weight excluding hydrogens is 232 g/mol. The summed E-state index contributed by atoms with van der Waals surface area (Å²) in [4.78, 5) is 22.5. The molecule has 0 saturated heterocycles. The van der Waals surface area contributed by atoms with E-state index in [9.17, 15) is 9.59 Å². The predicted octanol–water partition coefficient (Wildman–Crippen LogP) is 1.38. The summed E-state index contributed by atoms with van der Waals surface area (Å²) in [6, 6.07) is -0.656. The Morgan fingerprint density at radius 3 is 2.39 bits per heavy atom. The van der Waals surface area contributed by atoms with Crippen molar-refractivity contribution < 1.29 is 14.7 Å². The van der Waals surface area contributed by atoms with Crippen LogP contribution in [0.2, 0.25) is 0 Å². The maximum Gasteiger partial charge on any atom is 0.320 e. The Labute approximate surface area is 109 Å². The summed E-state index contributed by atoms with van der Waals surface area (Å²) in [7, 11) is 0. The normalized spacial score (nSPS) is 13.9. The molecule has 0 aromatic heterocycles. The van der Waals surface area contributed by atoms with E-state index < -0.39 is 12.0 Å². The predicted molar refractivity (Wildman–Crippen MR) is 71.4 cm³/mol. The molecule has 0 bridgehead atoms. The number of hydrogen-bond acceptors (Lipinski definition) is 3. The second-order valence-corrected chi connectivity index (χ2v) is 4.64. The number of carbonyl (C=O) groups is 2. The van der Waals surface area contributed by atoms with Crippen molar-refractivity contribution in [2.75, 3.05) is 13.1 Å². The Hall–Kier alpha value is -1.10. The topological polar surface area (TPSA) is 78.4 Å². The number of carboxylic acid groups (broad SMARTS) is 1. The Morgan fingerprint density at radius 2 is 1.89 bits per heavy atom. The van der Waals surface area contributed by atoms with Gasteiger partial charge in [-0.3, -0.25) is 14.9 Å². The van der Waals surface area contributed by atoms with Crippen LogP contribution in [0.1, 0.15) is 46.5 Å². The van der Waals surface area contributed by atoms with Gasteiger partial charge in [-0.05, 0) is 12.3 Å². The first-order valence-corrected chi connectivity index (χ1v) is 6.75. The average Bonchev–Trinajstić information content (AvgIpc) is 2.34. The molecule has 0 spiro atoms. The SMILES string of the molecule is CCCCCNC(=O)CN[C@H](C(=O)O)[C@@H](C)CC. The summed E-state index contributed by atoms with van der Waals surface area (Å²) in [5, 5.41) is 14.6. The summed E-state index contributed by atoms with van der Waals surface area (Å²) in [6.45, 7) is 6.63. The molecule has 0 aromatic carbocycles. The molecule has 106 valence electrons. The van der Waals surface area contributed by atoms with Crippen molar-refractivity contribution in [1.82, 2.24) is 10.6 Å². The molecule has 18 heavy (non-hydrogen) atoms. The summed E-state index contributed by atoms with van der Waals surface area (Å²) >= 11 is 0. The molecule has 0 rings (SSSR count). The molecule has 5 nitrogen and oxygen atoms in total. The average molecular weight is 258 g/mol. The highest BCUT2D eigenvalue weighted by Gasteiger charge is 2.23. The maximum absolute atomic E-state index is 11.5. The number of amides is 1. The lowest BCUT2D eigenvalue weighted by molar-refractivity contribution is -0.140. The zero-order valence-electron chi connectivity index (χ0n) is 11.7. The molecule has 0 aromatic rings. The van der Waals surface area contributed by atoms with Crippen LogP contribution < -0.4 is 10.6 Å². The van der Waals surface area contributed by atoms with Crippen LogP contribution in [-0.4, -0.2) is 36.1 Å². The van der Waals surface area contributed by atoms with Crippen molar-refractivity contribution >= 4 is 11.9 Å². The fourth-order valence-corrected chi connectivity index (χ4v) is 1.64. The summed E-state index contributed by atoms with van der Waals surface area (Å²) in [5.41, 5.74) is 0. The van der Waals surface area contributed by atoms with E-state index in [4.69, 9.17) is 5.11 Å². The number of hydrogen-bond donors (Lipinski definition) is 3. The lowest BCUT2D eigenvalue weighted by Gasteiger charge is -2.19. The van der Waals surface area contributed by atoms with Crippen LogP contribution in [0, 0.1) is 5.92 Å². The molecule has 0 radical (unpaired) electrons. The highest BCUT2D eigenvalue weighted by Crippen LogP contribution is 2.07.